The average molecular weight is 272 g/mol. The number of halogens is 2. The van der Waals surface area contributed by atoms with E-state index in [0.29, 0.717) is 5.75 Å². The number of benzene rings is 1. The van der Waals surface area contributed by atoms with Gasteiger partial charge >= 0.3 is 0 Å². The van der Waals surface area contributed by atoms with Crippen LogP contribution in [0.15, 0.2) is 12.1 Å². The molecule has 18 heavy (non-hydrogen) atoms. The Bertz CT molecular complexity index is 425. The third-order valence-electron chi connectivity index (χ3n) is 3.23. The molecule has 100 valence electrons. The average Bonchev–Trinajstić information content (AvgIpc) is 2.65. The maximum absolute atomic E-state index is 13.4. The highest BCUT2D eigenvalue weighted by Gasteiger charge is 2.34. The Balaban J connectivity index is 2.27. The Morgan fingerprint density at radius 3 is 2.78 bits per heavy atom. The van der Waals surface area contributed by atoms with E-state index in [0.717, 1.165) is 31.4 Å². The molecular formula is C14H19ClFNO. The third-order valence-corrected chi connectivity index (χ3v) is 3.51. The van der Waals surface area contributed by atoms with Gasteiger partial charge in [-0.15, -0.1) is 0 Å². The fourth-order valence-corrected chi connectivity index (χ4v) is 2.54. The van der Waals surface area contributed by atoms with E-state index >= 15 is 0 Å². The zero-order valence-electron chi connectivity index (χ0n) is 10.8. The van der Waals surface area contributed by atoms with Gasteiger partial charge in [-0.25, -0.2) is 4.39 Å². The van der Waals surface area contributed by atoms with Crippen molar-refractivity contribution >= 4 is 11.6 Å². The van der Waals surface area contributed by atoms with E-state index in [-0.39, 0.29) is 17.2 Å². The fraction of sp³-hybridized carbons (Fsp3) is 0.571. The minimum Gasteiger partial charge on any atom is -0.488 e. The standard InChI is InChI=1S/C14H19ClFNO/c1-3-5-12-14(17-6-4-2)9-7-10(15)11(16)8-13(9)18-12/h7-8,12,14,17H,3-6H2,1-2H3. The van der Waals surface area contributed by atoms with Crippen LogP contribution in [0.3, 0.4) is 0 Å². The van der Waals surface area contributed by atoms with Crippen LogP contribution in [0.1, 0.15) is 44.7 Å². The molecule has 2 atom stereocenters. The highest BCUT2D eigenvalue weighted by Crippen LogP contribution is 2.40. The highest BCUT2D eigenvalue weighted by atomic mass is 35.5. The second-order valence-electron chi connectivity index (χ2n) is 4.68. The first-order chi connectivity index (χ1) is 8.67. The highest BCUT2D eigenvalue weighted by molar-refractivity contribution is 6.30. The fourth-order valence-electron chi connectivity index (χ4n) is 2.37. The monoisotopic (exact) mass is 271 g/mol. The summed E-state index contributed by atoms with van der Waals surface area (Å²) in [6, 6.07) is 3.21. The van der Waals surface area contributed by atoms with E-state index in [1.165, 1.54) is 6.07 Å². The van der Waals surface area contributed by atoms with E-state index in [1.807, 2.05) is 0 Å². The number of nitrogens with one attached hydrogen (secondary N) is 1. The topological polar surface area (TPSA) is 21.3 Å². The maximum atomic E-state index is 13.4. The molecule has 0 saturated carbocycles. The van der Waals surface area contributed by atoms with Gasteiger partial charge in [0.15, 0.2) is 0 Å². The summed E-state index contributed by atoms with van der Waals surface area (Å²) in [6.07, 6.45) is 3.13. The van der Waals surface area contributed by atoms with Gasteiger partial charge < -0.3 is 10.1 Å². The molecule has 0 amide bonds. The molecule has 1 aromatic carbocycles. The molecule has 1 N–H and O–H groups in total. The Kier molecular flexibility index (Phi) is 4.46. The Morgan fingerprint density at radius 1 is 1.33 bits per heavy atom. The zero-order chi connectivity index (χ0) is 13.1. The summed E-state index contributed by atoms with van der Waals surface area (Å²) in [7, 11) is 0. The lowest BCUT2D eigenvalue weighted by Gasteiger charge is -2.19. The molecule has 4 heteroatoms. The van der Waals surface area contributed by atoms with Gasteiger partial charge in [0, 0.05) is 11.6 Å². The number of ether oxygens (including phenoxy) is 1. The number of hydrogen-bond acceptors (Lipinski definition) is 2. The van der Waals surface area contributed by atoms with Gasteiger partial charge in [0.05, 0.1) is 11.1 Å². The molecule has 1 aromatic rings. The molecule has 2 nitrogen and oxygen atoms in total. The lowest BCUT2D eigenvalue weighted by atomic mass is 10.0. The first kappa shape index (κ1) is 13.6. The van der Waals surface area contributed by atoms with Gasteiger partial charge in [0.1, 0.15) is 17.7 Å². The second-order valence-corrected chi connectivity index (χ2v) is 5.09. The molecule has 0 radical (unpaired) electrons. The summed E-state index contributed by atoms with van der Waals surface area (Å²) in [6.45, 7) is 5.16. The van der Waals surface area contributed by atoms with Crippen molar-refractivity contribution in [3.05, 3.63) is 28.5 Å². The predicted octanol–water partition coefficient (Wildman–Crippen LogP) is 4.08. The van der Waals surface area contributed by atoms with Gasteiger partial charge in [0.2, 0.25) is 0 Å². The van der Waals surface area contributed by atoms with Gasteiger partial charge in [-0.05, 0) is 25.5 Å². The van der Waals surface area contributed by atoms with Gasteiger partial charge in [-0.1, -0.05) is 31.9 Å². The molecule has 2 unspecified atom stereocenters. The Labute approximate surface area is 112 Å². The molecule has 0 spiro atoms. The third kappa shape index (κ3) is 2.62. The van der Waals surface area contributed by atoms with E-state index in [9.17, 15) is 4.39 Å². The van der Waals surface area contributed by atoms with Crippen molar-refractivity contribution in [1.29, 1.82) is 0 Å². The predicted molar refractivity (Wildman–Crippen MR) is 71.8 cm³/mol. The summed E-state index contributed by atoms with van der Waals surface area (Å²) in [5.41, 5.74) is 0.980. The van der Waals surface area contributed by atoms with Crippen molar-refractivity contribution < 1.29 is 9.13 Å². The van der Waals surface area contributed by atoms with Gasteiger partial charge in [-0.2, -0.15) is 0 Å². The minimum atomic E-state index is -0.415. The van der Waals surface area contributed by atoms with Crippen LogP contribution in [0.5, 0.6) is 5.75 Å². The van der Waals surface area contributed by atoms with Crippen molar-refractivity contribution in [2.24, 2.45) is 0 Å². The van der Waals surface area contributed by atoms with Crippen LogP contribution in [0.2, 0.25) is 5.02 Å². The van der Waals surface area contributed by atoms with Crippen LogP contribution < -0.4 is 10.1 Å². The molecule has 1 heterocycles. The van der Waals surface area contributed by atoms with Crippen LogP contribution in [-0.2, 0) is 0 Å². The van der Waals surface area contributed by atoms with E-state index in [4.69, 9.17) is 16.3 Å². The van der Waals surface area contributed by atoms with Crippen LogP contribution >= 0.6 is 11.6 Å². The lowest BCUT2D eigenvalue weighted by molar-refractivity contribution is 0.178. The van der Waals surface area contributed by atoms with Crippen LogP contribution in [0, 0.1) is 5.82 Å². The Morgan fingerprint density at radius 2 is 2.11 bits per heavy atom. The number of hydrogen-bond donors (Lipinski definition) is 1. The van der Waals surface area contributed by atoms with Gasteiger partial charge in [-0.3, -0.25) is 0 Å². The molecule has 0 aromatic heterocycles. The van der Waals surface area contributed by atoms with E-state index < -0.39 is 5.82 Å². The molecule has 1 aliphatic heterocycles. The van der Waals surface area contributed by atoms with Crippen LogP contribution in [0.4, 0.5) is 4.39 Å². The Hall–Kier alpha value is -0.800. The van der Waals surface area contributed by atoms with E-state index in [2.05, 4.69) is 19.2 Å². The molecule has 0 bridgehead atoms. The molecule has 1 aliphatic rings. The molecular weight excluding hydrogens is 253 g/mol. The SMILES string of the molecule is CCCNC1c2cc(Cl)c(F)cc2OC1CCC. The first-order valence-electron chi connectivity index (χ1n) is 6.56. The normalized spacial score (nSPS) is 21.8. The summed E-state index contributed by atoms with van der Waals surface area (Å²) >= 11 is 5.86. The lowest BCUT2D eigenvalue weighted by Crippen LogP contribution is -2.31. The maximum Gasteiger partial charge on any atom is 0.145 e. The molecule has 0 saturated heterocycles. The summed E-state index contributed by atoms with van der Waals surface area (Å²) in [5, 5.41) is 3.63. The molecule has 0 aliphatic carbocycles. The first-order valence-corrected chi connectivity index (χ1v) is 6.94. The van der Waals surface area contributed by atoms with Crippen LogP contribution in [-0.4, -0.2) is 12.6 Å². The minimum absolute atomic E-state index is 0.0782. The van der Waals surface area contributed by atoms with Crippen LogP contribution in [0.25, 0.3) is 0 Å². The van der Waals surface area contributed by atoms with Crippen molar-refractivity contribution in [2.45, 2.75) is 45.3 Å². The summed E-state index contributed by atoms with van der Waals surface area (Å²) in [5.74, 6) is 0.214. The van der Waals surface area contributed by atoms with Crippen molar-refractivity contribution in [2.75, 3.05) is 6.54 Å². The second kappa shape index (κ2) is 5.89. The largest absolute Gasteiger partial charge is 0.488 e. The zero-order valence-corrected chi connectivity index (χ0v) is 11.6. The van der Waals surface area contributed by atoms with Gasteiger partial charge in [0.25, 0.3) is 0 Å². The number of rotatable bonds is 5. The number of fused-ring (bicyclic) bond motifs is 1. The summed E-state index contributed by atoms with van der Waals surface area (Å²) < 4.78 is 19.3. The van der Waals surface area contributed by atoms with E-state index in [1.54, 1.807) is 6.07 Å². The smallest absolute Gasteiger partial charge is 0.145 e. The van der Waals surface area contributed by atoms with Crippen molar-refractivity contribution in [3.8, 4) is 5.75 Å². The molecule has 2 rings (SSSR count). The van der Waals surface area contributed by atoms with Crippen molar-refractivity contribution in [3.63, 3.8) is 0 Å². The van der Waals surface area contributed by atoms with Crippen molar-refractivity contribution in [1.82, 2.24) is 5.32 Å². The quantitative estimate of drug-likeness (QED) is 0.871. The molecule has 0 fully saturated rings. The summed E-state index contributed by atoms with van der Waals surface area (Å²) in [4.78, 5) is 0.